The highest BCUT2D eigenvalue weighted by Gasteiger charge is 2.19. The predicted octanol–water partition coefficient (Wildman–Crippen LogP) is 17.0. The lowest BCUT2D eigenvalue weighted by atomic mass is 9.89. The molecule has 0 atom stereocenters. The first-order valence-electron chi connectivity index (χ1n) is 20.5. The van der Waals surface area contributed by atoms with Gasteiger partial charge in [0, 0.05) is 26.8 Å². The molecule has 60 heavy (non-hydrogen) atoms. The van der Waals surface area contributed by atoms with Gasteiger partial charge in [-0.3, -0.25) is 0 Å². The molecule has 0 unspecified atom stereocenters. The van der Waals surface area contributed by atoms with Gasteiger partial charge >= 0.3 is 0 Å². The van der Waals surface area contributed by atoms with Crippen LogP contribution in [-0.2, 0) is 0 Å². The second-order valence-corrected chi connectivity index (χ2v) is 16.3. The molecule has 0 saturated carbocycles. The quantitative estimate of drug-likeness (QED) is 0.148. The molecule has 11 rings (SSSR count). The smallest absolute Gasteiger partial charge is 0.0640 e. The minimum Gasteiger partial charge on any atom is -0.309 e. The zero-order valence-electron chi connectivity index (χ0n) is 32.9. The molecular weight excluding hydrogens is 743 g/mol. The fraction of sp³-hybridized carbons (Fsp3) is 0. The normalized spacial score (nSPS) is 11.3. The fourth-order valence-electron chi connectivity index (χ4n) is 8.72. The predicted molar refractivity (Wildman–Crippen MR) is 259 cm³/mol. The second-order valence-electron chi connectivity index (χ2n) is 15.3. The molecule has 0 bridgehead atoms. The Kier molecular flexibility index (Phi) is 9.11. The highest BCUT2D eigenvalue weighted by Crippen LogP contribution is 2.46. The van der Waals surface area contributed by atoms with Crippen molar-refractivity contribution in [1.29, 1.82) is 0 Å². The van der Waals surface area contributed by atoms with Crippen LogP contribution >= 0.6 is 11.3 Å². The molecule has 0 radical (unpaired) electrons. The standard InChI is InChI=1S/C58H39NS/c1-3-14-40(15-4-1)44-26-28-47-39-45(27-29-46(47)38-44)41-30-34-48(35-31-41)59(56-24-13-23-55-54-22-11-12-25-57(54)60-58(55)56)49-36-32-43(33-37-49)51-19-8-10-21-53(51)52-20-9-7-18-50(52)42-16-5-2-6-17-42/h1-39H. The summed E-state index contributed by atoms with van der Waals surface area (Å²) < 4.78 is 2.57. The second kappa shape index (κ2) is 15.3. The molecule has 0 aliphatic rings. The van der Waals surface area contributed by atoms with Gasteiger partial charge in [0.2, 0.25) is 0 Å². The first-order chi connectivity index (χ1) is 29.7. The zero-order valence-corrected chi connectivity index (χ0v) is 33.7. The number of hydrogen-bond donors (Lipinski definition) is 0. The van der Waals surface area contributed by atoms with Crippen LogP contribution in [0.2, 0.25) is 0 Å². The summed E-state index contributed by atoms with van der Waals surface area (Å²) in [6, 6.07) is 86.0. The molecule has 1 nitrogen and oxygen atoms in total. The van der Waals surface area contributed by atoms with E-state index in [9.17, 15) is 0 Å². The number of thiophene rings is 1. The number of benzene rings is 10. The average molecular weight is 782 g/mol. The summed E-state index contributed by atoms with van der Waals surface area (Å²) in [6.07, 6.45) is 0. The van der Waals surface area contributed by atoms with Crippen LogP contribution in [0, 0.1) is 0 Å². The molecule has 0 spiro atoms. The monoisotopic (exact) mass is 781 g/mol. The molecule has 2 heteroatoms. The number of fused-ring (bicyclic) bond motifs is 4. The van der Waals surface area contributed by atoms with Gasteiger partial charge in [0.1, 0.15) is 0 Å². The summed E-state index contributed by atoms with van der Waals surface area (Å²) in [6.45, 7) is 0. The topological polar surface area (TPSA) is 3.24 Å². The third kappa shape index (κ3) is 6.54. The van der Waals surface area contributed by atoms with E-state index in [0.717, 1.165) is 11.4 Å². The average Bonchev–Trinajstić information content (AvgIpc) is 3.72. The molecule has 10 aromatic carbocycles. The van der Waals surface area contributed by atoms with E-state index in [1.54, 1.807) is 0 Å². The summed E-state index contributed by atoms with van der Waals surface area (Å²) in [5.74, 6) is 0. The molecule has 0 saturated heterocycles. The summed E-state index contributed by atoms with van der Waals surface area (Å²) in [4.78, 5) is 2.42. The molecule has 0 aliphatic carbocycles. The summed E-state index contributed by atoms with van der Waals surface area (Å²) in [5.41, 5.74) is 15.5. The van der Waals surface area contributed by atoms with Crippen LogP contribution in [-0.4, -0.2) is 0 Å². The molecule has 0 fully saturated rings. The van der Waals surface area contributed by atoms with E-state index < -0.39 is 0 Å². The minimum absolute atomic E-state index is 1.11. The Bertz CT molecular complexity index is 3290. The molecule has 1 heterocycles. The Labute approximate surface area is 354 Å². The Morgan fingerprint density at radius 1 is 0.283 bits per heavy atom. The highest BCUT2D eigenvalue weighted by atomic mass is 32.1. The van der Waals surface area contributed by atoms with Crippen LogP contribution < -0.4 is 4.90 Å². The van der Waals surface area contributed by atoms with Crippen molar-refractivity contribution in [2.45, 2.75) is 0 Å². The van der Waals surface area contributed by atoms with Crippen molar-refractivity contribution >= 4 is 59.3 Å². The Morgan fingerprint density at radius 2 is 0.717 bits per heavy atom. The van der Waals surface area contributed by atoms with E-state index in [4.69, 9.17) is 0 Å². The Hall–Kier alpha value is -7.52. The molecule has 0 aliphatic heterocycles. The van der Waals surface area contributed by atoms with E-state index in [0.29, 0.717) is 0 Å². The van der Waals surface area contributed by atoms with Crippen LogP contribution in [0.15, 0.2) is 237 Å². The third-order valence-electron chi connectivity index (χ3n) is 11.7. The van der Waals surface area contributed by atoms with Crippen molar-refractivity contribution in [3.63, 3.8) is 0 Å². The number of nitrogens with zero attached hydrogens (tertiary/aromatic N) is 1. The van der Waals surface area contributed by atoms with Crippen LogP contribution in [0.5, 0.6) is 0 Å². The van der Waals surface area contributed by atoms with Crippen molar-refractivity contribution in [2.75, 3.05) is 4.90 Å². The third-order valence-corrected chi connectivity index (χ3v) is 12.9. The van der Waals surface area contributed by atoms with Gasteiger partial charge in [0.25, 0.3) is 0 Å². The lowest BCUT2D eigenvalue weighted by Crippen LogP contribution is -2.10. The van der Waals surface area contributed by atoms with E-state index in [-0.39, 0.29) is 0 Å². The maximum Gasteiger partial charge on any atom is 0.0640 e. The molecular formula is C58H39NS. The van der Waals surface area contributed by atoms with E-state index in [1.165, 1.54) is 92.3 Å². The van der Waals surface area contributed by atoms with Gasteiger partial charge < -0.3 is 4.90 Å². The maximum absolute atomic E-state index is 2.42. The molecule has 11 aromatic rings. The Balaban J connectivity index is 0.987. The maximum atomic E-state index is 2.42. The number of anilines is 3. The van der Waals surface area contributed by atoms with Crippen LogP contribution in [0.1, 0.15) is 0 Å². The van der Waals surface area contributed by atoms with E-state index in [1.807, 2.05) is 11.3 Å². The van der Waals surface area contributed by atoms with Gasteiger partial charge in [0.15, 0.2) is 0 Å². The number of hydrogen-bond acceptors (Lipinski definition) is 2. The van der Waals surface area contributed by atoms with Gasteiger partial charge in [0.05, 0.1) is 10.4 Å². The van der Waals surface area contributed by atoms with Crippen molar-refractivity contribution in [3.05, 3.63) is 237 Å². The number of rotatable bonds is 8. The highest BCUT2D eigenvalue weighted by molar-refractivity contribution is 7.26. The van der Waals surface area contributed by atoms with Crippen LogP contribution in [0.25, 0.3) is 86.6 Å². The van der Waals surface area contributed by atoms with Gasteiger partial charge in [-0.2, -0.15) is 0 Å². The van der Waals surface area contributed by atoms with Gasteiger partial charge in [-0.15, -0.1) is 11.3 Å². The summed E-state index contributed by atoms with van der Waals surface area (Å²) in [7, 11) is 0. The molecule has 0 amide bonds. The van der Waals surface area contributed by atoms with Crippen molar-refractivity contribution in [3.8, 4) is 55.6 Å². The van der Waals surface area contributed by atoms with E-state index >= 15 is 0 Å². The summed E-state index contributed by atoms with van der Waals surface area (Å²) >= 11 is 1.86. The Morgan fingerprint density at radius 3 is 1.32 bits per heavy atom. The first-order valence-corrected chi connectivity index (χ1v) is 21.3. The lowest BCUT2D eigenvalue weighted by Gasteiger charge is -2.26. The SMILES string of the molecule is c1ccc(-c2ccc3cc(-c4ccc(N(c5ccc(-c6ccccc6-c6ccccc6-c6ccccc6)cc5)c5cccc6c5sc5ccccc56)cc4)ccc3c2)cc1. The molecule has 1 aromatic heterocycles. The van der Waals surface area contributed by atoms with Gasteiger partial charge in [-0.05, 0) is 115 Å². The molecule has 0 N–H and O–H groups in total. The van der Waals surface area contributed by atoms with Crippen molar-refractivity contribution < 1.29 is 0 Å². The zero-order chi connectivity index (χ0) is 39.8. The van der Waals surface area contributed by atoms with E-state index in [2.05, 4.69) is 241 Å². The van der Waals surface area contributed by atoms with Crippen molar-refractivity contribution in [2.24, 2.45) is 0 Å². The first kappa shape index (κ1) is 35.6. The van der Waals surface area contributed by atoms with Crippen LogP contribution in [0.4, 0.5) is 17.1 Å². The fourth-order valence-corrected chi connectivity index (χ4v) is 9.93. The van der Waals surface area contributed by atoms with Gasteiger partial charge in [-0.1, -0.05) is 188 Å². The summed E-state index contributed by atoms with van der Waals surface area (Å²) in [5, 5.41) is 5.05. The molecule has 282 valence electrons. The minimum atomic E-state index is 1.11. The van der Waals surface area contributed by atoms with Crippen molar-refractivity contribution in [1.82, 2.24) is 0 Å². The lowest BCUT2D eigenvalue weighted by molar-refractivity contribution is 1.30. The van der Waals surface area contributed by atoms with Crippen LogP contribution in [0.3, 0.4) is 0 Å². The largest absolute Gasteiger partial charge is 0.309 e. The van der Waals surface area contributed by atoms with Gasteiger partial charge in [-0.25, -0.2) is 0 Å².